The molecular weight excluding hydrogens is 619 g/mol. The number of halogens is 2. The van der Waals surface area contributed by atoms with Crippen molar-refractivity contribution >= 4 is 0 Å². The first-order chi connectivity index (χ1) is 18.3. The molecule has 0 spiro atoms. The van der Waals surface area contributed by atoms with Crippen LogP contribution in [0.1, 0.15) is 61.9 Å². The Morgan fingerprint density at radius 2 is 1.27 bits per heavy atom. The molecule has 1 saturated carbocycles. The zero-order valence-corrected chi connectivity index (χ0v) is 28.2. The van der Waals surface area contributed by atoms with Crippen LogP contribution in [0.3, 0.4) is 0 Å². The topological polar surface area (TPSA) is 0 Å². The summed E-state index contributed by atoms with van der Waals surface area (Å²) in [5.74, 6) is 0.319. The summed E-state index contributed by atoms with van der Waals surface area (Å²) in [6, 6.07) is 38.8. The van der Waals surface area contributed by atoms with E-state index < -0.39 is 0 Å². The van der Waals surface area contributed by atoms with Crippen LogP contribution in [0.5, 0.6) is 0 Å². The van der Waals surface area contributed by atoms with E-state index in [-0.39, 0.29) is 67.3 Å². The second kappa shape index (κ2) is 11.5. The Labute approximate surface area is 277 Å². The van der Waals surface area contributed by atoms with Gasteiger partial charge in [-0.15, -0.1) is 0 Å². The first-order valence-electron chi connectivity index (χ1n) is 14.1. The number of fused-ring (bicyclic) bond motifs is 4. The Balaban J connectivity index is 0.00000129. The van der Waals surface area contributed by atoms with Gasteiger partial charge in [-0.3, -0.25) is 0 Å². The van der Waals surface area contributed by atoms with Crippen LogP contribution in [0.25, 0.3) is 11.1 Å². The molecule has 0 aromatic heterocycles. The van der Waals surface area contributed by atoms with Gasteiger partial charge in [-0.05, 0) is 62.8 Å². The van der Waals surface area contributed by atoms with Gasteiger partial charge in [-0.25, -0.2) is 0 Å². The molecule has 4 aromatic rings. The van der Waals surface area contributed by atoms with Gasteiger partial charge in [-0.2, -0.15) is 0 Å². The standard InChI is InChI=1S/C38H36.2ClH.Zr/c1-36(2,3)29-23-34-35(24-29)38(28-17-9-6-10-18-28,25-37(34,4)27-15-7-5-8-16-27)33-21-13-20-31-30-19-12-11-14-26(30)22-32(31)33;;;/h5-21,23-24,35H,22,25H2,1-4H3;2*1H;/q;;;+2/p-2. The summed E-state index contributed by atoms with van der Waals surface area (Å²) in [5.41, 5.74) is 13.1. The van der Waals surface area contributed by atoms with Crippen LogP contribution in [0.4, 0.5) is 0 Å². The Morgan fingerprint density at radius 1 is 0.683 bits per heavy atom. The van der Waals surface area contributed by atoms with E-state index in [9.17, 15) is 0 Å². The Bertz CT molecular complexity index is 1610. The molecule has 4 aromatic carbocycles. The molecule has 1 fully saturated rings. The summed E-state index contributed by atoms with van der Waals surface area (Å²) in [6.07, 6.45) is 7.28. The molecule has 3 heteroatoms. The zero-order valence-electron chi connectivity index (χ0n) is 24.2. The summed E-state index contributed by atoms with van der Waals surface area (Å²) in [6.45, 7) is 9.58. The number of rotatable bonds is 3. The molecule has 0 aliphatic heterocycles. The molecule has 7 rings (SSSR count). The van der Waals surface area contributed by atoms with E-state index in [1.165, 1.54) is 44.5 Å². The number of hydrogen-bond donors (Lipinski definition) is 0. The van der Waals surface area contributed by atoms with Crippen LogP contribution in [0.2, 0.25) is 0 Å². The summed E-state index contributed by atoms with van der Waals surface area (Å²) in [7, 11) is 0. The van der Waals surface area contributed by atoms with Crippen LogP contribution >= 0.6 is 0 Å². The fourth-order valence-electron chi connectivity index (χ4n) is 7.81. The molecule has 3 unspecified atom stereocenters. The van der Waals surface area contributed by atoms with Crippen molar-refractivity contribution in [2.24, 2.45) is 11.3 Å². The average molecular weight is 655 g/mol. The van der Waals surface area contributed by atoms with E-state index in [2.05, 4.69) is 143 Å². The van der Waals surface area contributed by atoms with Gasteiger partial charge in [0.1, 0.15) is 0 Å². The summed E-state index contributed by atoms with van der Waals surface area (Å²) < 4.78 is 0. The monoisotopic (exact) mass is 652 g/mol. The number of hydrogen-bond acceptors (Lipinski definition) is 0. The minimum absolute atomic E-state index is 0. The Kier molecular flexibility index (Phi) is 8.89. The molecule has 41 heavy (non-hydrogen) atoms. The Hall–Kier alpha value is -2.18. The van der Waals surface area contributed by atoms with Crippen molar-refractivity contribution in [1.82, 2.24) is 0 Å². The molecule has 0 saturated heterocycles. The van der Waals surface area contributed by atoms with E-state index in [1.807, 2.05) is 0 Å². The van der Waals surface area contributed by atoms with Gasteiger partial charge in [0.2, 0.25) is 0 Å². The predicted octanol–water partition coefficient (Wildman–Crippen LogP) is 3.44. The summed E-state index contributed by atoms with van der Waals surface area (Å²) in [4.78, 5) is 0. The minimum atomic E-state index is -0.141. The smallest absolute Gasteiger partial charge is 1.00 e. The van der Waals surface area contributed by atoms with Gasteiger partial charge in [0.25, 0.3) is 0 Å². The van der Waals surface area contributed by atoms with Crippen molar-refractivity contribution in [3.05, 3.63) is 154 Å². The van der Waals surface area contributed by atoms with Crippen LogP contribution in [-0.2, 0) is 43.5 Å². The zero-order chi connectivity index (χ0) is 26.1. The van der Waals surface area contributed by atoms with E-state index in [4.69, 9.17) is 0 Å². The molecule has 0 radical (unpaired) electrons. The van der Waals surface area contributed by atoms with E-state index in [0.29, 0.717) is 5.92 Å². The van der Waals surface area contributed by atoms with Crippen molar-refractivity contribution in [3.63, 3.8) is 0 Å². The van der Waals surface area contributed by atoms with Crippen molar-refractivity contribution in [3.8, 4) is 11.1 Å². The van der Waals surface area contributed by atoms with Gasteiger partial charge in [0, 0.05) is 16.7 Å². The third-order valence-electron chi connectivity index (χ3n) is 9.69. The van der Waals surface area contributed by atoms with E-state index in [1.54, 1.807) is 5.57 Å². The largest absolute Gasteiger partial charge is 2.00 e. The van der Waals surface area contributed by atoms with Crippen molar-refractivity contribution in [2.75, 3.05) is 0 Å². The van der Waals surface area contributed by atoms with Gasteiger partial charge in [0.15, 0.2) is 0 Å². The van der Waals surface area contributed by atoms with Crippen molar-refractivity contribution in [2.45, 2.75) is 51.4 Å². The van der Waals surface area contributed by atoms with Crippen molar-refractivity contribution < 1.29 is 51.0 Å². The molecule has 0 heterocycles. The van der Waals surface area contributed by atoms with Gasteiger partial charge < -0.3 is 24.8 Å². The third-order valence-corrected chi connectivity index (χ3v) is 9.69. The first-order valence-corrected chi connectivity index (χ1v) is 14.1. The van der Waals surface area contributed by atoms with Gasteiger partial charge in [0.05, 0.1) is 0 Å². The molecule has 0 bridgehead atoms. The molecule has 3 aliphatic rings. The fourth-order valence-corrected chi connectivity index (χ4v) is 7.81. The first kappa shape index (κ1) is 31.8. The van der Waals surface area contributed by atoms with Crippen molar-refractivity contribution in [1.29, 1.82) is 0 Å². The fraction of sp³-hybridized carbons (Fsp3) is 0.263. The Morgan fingerprint density at radius 3 is 1.93 bits per heavy atom. The van der Waals surface area contributed by atoms with Crippen LogP contribution < -0.4 is 24.8 Å². The van der Waals surface area contributed by atoms with Crippen LogP contribution in [-0.4, -0.2) is 0 Å². The maximum atomic E-state index is 2.64. The quantitative estimate of drug-likeness (QED) is 0.280. The van der Waals surface area contributed by atoms with Crippen LogP contribution in [0.15, 0.2) is 126 Å². The van der Waals surface area contributed by atoms with Crippen LogP contribution in [0, 0.1) is 11.3 Å². The SMILES string of the molecule is CC(C)(C)C1=CC2C(=C1)C(C)(c1ccccc1)CC2(c1ccccc1)c1cccc2c1Cc1ccccc1-2.[Cl-].[Cl-].[Zr+2]. The van der Waals surface area contributed by atoms with E-state index in [0.717, 1.165) is 12.8 Å². The number of benzene rings is 4. The van der Waals surface area contributed by atoms with E-state index >= 15 is 0 Å². The molecule has 3 atom stereocenters. The molecule has 0 nitrogen and oxygen atoms in total. The molecular formula is C38H36Cl2Zr. The molecule has 3 aliphatic carbocycles. The summed E-state index contributed by atoms with van der Waals surface area (Å²) >= 11 is 0. The minimum Gasteiger partial charge on any atom is -1.00 e. The average Bonchev–Trinajstić information content (AvgIpc) is 3.62. The molecule has 206 valence electrons. The van der Waals surface area contributed by atoms with Gasteiger partial charge >= 0.3 is 26.2 Å². The maximum absolute atomic E-state index is 2.64. The van der Waals surface area contributed by atoms with Gasteiger partial charge in [-0.1, -0.05) is 149 Å². The predicted molar refractivity (Wildman–Crippen MR) is 159 cm³/mol. The second-order valence-electron chi connectivity index (χ2n) is 12.8. The molecule has 0 amide bonds. The normalized spacial score (nSPS) is 23.6. The maximum Gasteiger partial charge on any atom is 2.00 e. The third kappa shape index (κ3) is 4.77. The second-order valence-corrected chi connectivity index (χ2v) is 12.8. The summed E-state index contributed by atoms with van der Waals surface area (Å²) in [5, 5.41) is 0. The number of allylic oxidation sites excluding steroid dienone is 4. The molecule has 0 N–H and O–H groups in total.